The van der Waals surface area contributed by atoms with Crippen LogP contribution in [0.1, 0.15) is 32.3 Å². The van der Waals surface area contributed by atoms with E-state index in [0.29, 0.717) is 41.2 Å². The molecule has 9 heteroatoms. The molecule has 168 valence electrons. The summed E-state index contributed by atoms with van der Waals surface area (Å²) in [7, 11) is 0. The van der Waals surface area contributed by atoms with Gasteiger partial charge in [0.15, 0.2) is 4.96 Å². The maximum atomic E-state index is 13.6. The smallest absolute Gasteiger partial charge is 0.270 e. The van der Waals surface area contributed by atoms with Crippen LogP contribution >= 0.6 is 22.7 Å². The van der Waals surface area contributed by atoms with Crippen molar-refractivity contribution >= 4 is 39.4 Å². The third-order valence-corrected chi connectivity index (χ3v) is 8.36. The van der Waals surface area contributed by atoms with Crippen molar-refractivity contribution in [3.63, 3.8) is 0 Å². The van der Waals surface area contributed by atoms with Crippen molar-refractivity contribution in [2.24, 2.45) is 11.8 Å². The van der Waals surface area contributed by atoms with E-state index in [1.54, 1.807) is 12.1 Å². The lowest BCUT2D eigenvalue weighted by Crippen LogP contribution is -2.45. The summed E-state index contributed by atoms with van der Waals surface area (Å²) in [6, 6.07) is 8.10. The lowest BCUT2D eigenvalue weighted by molar-refractivity contribution is 0.0699. The topological polar surface area (TPSA) is 66.7 Å². The fourth-order valence-electron chi connectivity index (χ4n) is 4.98. The van der Waals surface area contributed by atoms with Crippen LogP contribution in [0, 0.1) is 24.6 Å². The summed E-state index contributed by atoms with van der Waals surface area (Å²) in [5.41, 5.74) is 2.89. The minimum atomic E-state index is -0.301. The van der Waals surface area contributed by atoms with Crippen molar-refractivity contribution in [3.05, 3.63) is 69.4 Å². The molecule has 1 saturated heterocycles. The van der Waals surface area contributed by atoms with Gasteiger partial charge in [-0.25, -0.2) is 9.37 Å². The number of aryl methyl sites for hydroxylation is 1. The second-order valence-electron chi connectivity index (χ2n) is 8.67. The Hall–Kier alpha value is -3.04. The van der Waals surface area contributed by atoms with Gasteiger partial charge in [-0.15, -0.1) is 22.7 Å². The molecular formula is C24H21FN4O2S2. The van der Waals surface area contributed by atoms with E-state index in [0.717, 1.165) is 22.5 Å². The quantitative estimate of drug-likeness (QED) is 0.459. The first-order chi connectivity index (χ1) is 16.0. The third-order valence-electron chi connectivity index (χ3n) is 6.70. The van der Waals surface area contributed by atoms with E-state index in [4.69, 9.17) is 0 Å². The predicted octanol–water partition coefficient (Wildman–Crippen LogP) is 4.46. The van der Waals surface area contributed by atoms with Crippen molar-refractivity contribution in [2.75, 3.05) is 13.1 Å². The number of benzene rings is 1. The minimum Gasteiger partial charge on any atom is -0.349 e. The Labute approximate surface area is 197 Å². The zero-order valence-corrected chi connectivity index (χ0v) is 19.5. The van der Waals surface area contributed by atoms with Gasteiger partial charge in [0, 0.05) is 30.2 Å². The maximum Gasteiger partial charge on any atom is 0.270 e. The summed E-state index contributed by atoms with van der Waals surface area (Å²) in [6.45, 7) is 2.97. The molecule has 3 atom stereocenters. The van der Waals surface area contributed by atoms with Crippen LogP contribution in [0.5, 0.6) is 0 Å². The van der Waals surface area contributed by atoms with Gasteiger partial charge in [-0.1, -0.05) is 12.1 Å². The first-order valence-electron chi connectivity index (χ1n) is 10.9. The number of rotatable bonds is 5. The van der Waals surface area contributed by atoms with Gasteiger partial charge in [-0.3, -0.25) is 14.0 Å². The maximum absolute atomic E-state index is 13.6. The number of halogens is 1. The highest BCUT2D eigenvalue weighted by molar-refractivity contribution is 7.15. The molecule has 4 heterocycles. The highest BCUT2D eigenvalue weighted by atomic mass is 32.1. The van der Waals surface area contributed by atoms with Crippen LogP contribution in [0.25, 0.3) is 16.1 Å². The summed E-state index contributed by atoms with van der Waals surface area (Å²) in [5, 5.41) is 6.87. The number of fused-ring (bicyclic) bond motifs is 2. The number of imidazole rings is 1. The monoisotopic (exact) mass is 480 g/mol. The molecule has 33 heavy (non-hydrogen) atoms. The number of thiazole rings is 1. The van der Waals surface area contributed by atoms with Crippen LogP contribution in [0.3, 0.4) is 0 Å². The zero-order valence-electron chi connectivity index (χ0n) is 17.8. The average molecular weight is 481 g/mol. The predicted molar refractivity (Wildman–Crippen MR) is 126 cm³/mol. The van der Waals surface area contributed by atoms with E-state index in [2.05, 4.69) is 10.3 Å². The fraction of sp³-hybridized carbons (Fsp3) is 0.292. The number of likely N-dealkylation sites (tertiary alicyclic amines) is 1. The van der Waals surface area contributed by atoms with E-state index in [-0.39, 0.29) is 23.7 Å². The Morgan fingerprint density at radius 2 is 2.00 bits per heavy atom. The number of piperidine rings is 1. The number of hydrogen-bond donors (Lipinski definition) is 1. The van der Waals surface area contributed by atoms with E-state index >= 15 is 0 Å². The molecule has 6 rings (SSSR count). The summed E-state index contributed by atoms with van der Waals surface area (Å²) in [4.78, 5) is 34.4. The normalized spacial score (nSPS) is 21.4. The van der Waals surface area contributed by atoms with Gasteiger partial charge in [0.05, 0.1) is 16.6 Å². The number of hydrogen-bond acceptors (Lipinski definition) is 5. The number of nitrogens with zero attached hydrogens (tertiary/aromatic N) is 3. The molecule has 6 nitrogen and oxygen atoms in total. The number of aromatic nitrogens is 2. The molecule has 1 aliphatic carbocycles. The number of carbonyl (C=O) groups is 2. The van der Waals surface area contributed by atoms with E-state index < -0.39 is 0 Å². The molecule has 3 aromatic heterocycles. The first-order valence-corrected chi connectivity index (χ1v) is 12.6. The Balaban J connectivity index is 1.21. The average Bonchev–Trinajstić information content (AvgIpc) is 3.20. The van der Waals surface area contributed by atoms with Crippen LogP contribution in [0.15, 0.2) is 47.3 Å². The second-order valence-corrected chi connectivity index (χ2v) is 10.5. The van der Waals surface area contributed by atoms with Crippen LogP contribution in [0.4, 0.5) is 4.39 Å². The van der Waals surface area contributed by atoms with Gasteiger partial charge in [0.2, 0.25) is 0 Å². The molecule has 4 aromatic rings. The minimum absolute atomic E-state index is 0.0171. The van der Waals surface area contributed by atoms with Crippen molar-refractivity contribution in [1.82, 2.24) is 19.6 Å². The van der Waals surface area contributed by atoms with E-state index in [1.807, 2.05) is 39.2 Å². The van der Waals surface area contributed by atoms with Crippen LogP contribution in [-0.4, -0.2) is 45.2 Å². The number of carbonyl (C=O) groups excluding carboxylic acids is 2. The van der Waals surface area contributed by atoms with Gasteiger partial charge >= 0.3 is 0 Å². The van der Waals surface area contributed by atoms with Gasteiger partial charge in [0.1, 0.15) is 11.5 Å². The second kappa shape index (κ2) is 7.78. The zero-order chi connectivity index (χ0) is 22.7. The Morgan fingerprint density at radius 3 is 2.82 bits per heavy atom. The molecule has 1 aliphatic heterocycles. The molecule has 1 saturated carbocycles. The number of amides is 2. The van der Waals surface area contributed by atoms with Gasteiger partial charge in [-0.2, -0.15) is 0 Å². The lowest BCUT2D eigenvalue weighted by atomic mass is 10.1. The third kappa shape index (κ3) is 3.46. The molecule has 0 bridgehead atoms. The largest absolute Gasteiger partial charge is 0.349 e. The number of nitrogens with one attached hydrogen (secondary N) is 1. The summed E-state index contributed by atoms with van der Waals surface area (Å²) >= 11 is 2.90. The van der Waals surface area contributed by atoms with Crippen molar-refractivity contribution in [1.29, 1.82) is 0 Å². The van der Waals surface area contributed by atoms with Crippen molar-refractivity contribution in [3.8, 4) is 11.1 Å². The molecule has 2 aliphatic rings. The SMILES string of the molecule is Cc1nc2sccn2c1C(=O)NC[C@@H]1[C@H]2C[C@H]2CN1C(=O)c1sccc1-c1ccc(F)cc1. The molecular weight excluding hydrogens is 459 g/mol. The lowest BCUT2D eigenvalue weighted by Gasteiger charge is -2.28. The van der Waals surface area contributed by atoms with Crippen molar-refractivity contribution in [2.45, 2.75) is 19.4 Å². The van der Waals surface area contributed by atoms with Gasteiger partial charge in [-0.05, 0) is 54.3 Å². The summed E-state index contributed by atoms with van der Waals surface area (Å²) in [6.07, 6.45) is 2.95. The highest BCUT2D eigenvalue weighted by Gasteiger charge is 2.54. The van der Waals surface area contributed by atoms with Crippen LogP contribution in [0.2, 0.25) is 0 Å². The van der Waals surface area contributed by atoms with Crippen molar-refractivity contribution < 1.29 is 14.0 Å². The van der Waals surface area contributed by atoms with Crippen LogP contribution < -0.4 is 5.32 Å². The summed E-state index contributed by atoms with van der Waals surface area (Å²) in [5.74, 6) is 0.446. The molecule has 0 spiro atoms. The molecule has 1 N–H and O–H groups in total. The first kappa shape index (κ1) is 20.6. The highest BCUT2D eigenvalue weighted by Crippen LogP contribution is 2.50. The van der Waals surface area contributed by atoms with E-state index in [1.165, 1.54) is 34.8 Å². The molecule has 0 unspecified atom stereocenters. The molecule has 2 fully saturated rings. The van der Waals surface area contributed by atoms with E-state index in [9.17, 15) is 14.0 Å². The van der Waals surface area contributed by atoms with Gasteiger partial charge < -0.3 is 10.2 Å². The number of thiophene rings is 1. The molecule has 2 amide bonds. The molecule has 0 radical (unpaired) electrons. The Bertz CT molecular complexity index is 1370. The van der Waals surface area contributed by atoms with Crippen LogP contribution in [-0.2, 0) is 0 Å². The Kier molecular flexibility index (Phi) is 4.84. The Morgan fingerprint density at radius 1 is 1.18 bits per heavy atom. The standard InChI is InChI=1S/C24H21FN4O2S2/c1-13-20(28-7-9-33-24(28)27-13)22(30)26-11-19-18-10-15(18)12-29(19)23(31)21-17(6-8-32-21)14-2-4-16(25)5-3-14/h2-9,15,18-19H,10-12H2,1H3,(H,26,30)/t15-,18-,19+/m0/s1. The van der Waals surface area contributed by atoms with Gasteiger partial charge in [0.25, 0.3) is 11.8 Å². The molecule has 1 aromatic carbocycles. The summed E-state index contributed by atoms with van der Waals surface area (Å²) < 4.78 is 15.2. The fourth-order valence-corrected chi connectivity index (χ4v) is 6.61.